The summed E-state index contributed by atoms with van der Waals surface area (Å²) in [5.74, 6) is 0.640. The second-order valence-corrected chi connectivity index (χ2v) is 5.72. The van der Waals surface area contributed by atoms with E-state index >= 15 is 0 Å². The quantitative estimate of drug-likeness (QED) is 0.601. The molecule has 1 heterocycles. The Balaban J connectivity index is 1.94. The van der Waals surface area contributed by atoms with Crippen molar-refractivity contribution >= 4 is 17.7 Å². The highest BCUT2D eigenvalue weighted by molar-refractivity contribution is 7.98. The van der Waals surface area contributed by atoms with Gasteiger partial charge in [0.1, 0.15) is 0 Å². The number of ether oxygens (including phenoxy) is 1. The maximum atomic E-state index is 11.5. The first-order valence-corrected chi connectivity index (χ1v) is 7.96. The summed E-state index contributed by atoms with van der Waals surface area (Å²) in [6.45, 7) is 4.29. The molecular weight excluding hydrogens is 282 g/mol. The molecule has 1 aromatic carbocycles. The molecule has 0 bridgehead atoms. The topological polar surface area (TPSA) is 39.2 Å². The van der Waals surface area contributed by atoms with E-state index in [9.17, 15) is 4.79 Å². The molecule has 21 heavy (non-hydrogen) atoms. The summed E-state index contributed by atoms with van der Waals surface area (Å²) < 4.78 is 4.94. The van der Waals surface area contributed by atoms with Gasteiger partial charge in [-0.3, -0.25) is 4.79 Å². The Hall–Kier alpha value is -1.81. The van der Waals surface area contributed by atoms with Gasteiger partial charge in [-0.2, -0.15) is 0 Å². The van der Waals surface area contributed by atoms with Crippen molar-refractivity contribution < 1.29 is 9.53 Å². The van der Waals surface area contributed by atoms with Gasteiger partial charge in [-0.05, 0) is 31.5 Å². The second-order valence-electron chi connectivity index (χ2n) is 4.72. The first-order valence-electron chi connectivity index (χ1n) is 6.97. The molecule has 2 rings (SSSR count). The molecule has 110 valence electrons. The molecule has 0 aliphatic heterocycles. The largest absolute Gasteiger partial charge is 0.466 e. The highest BCUT2D eigenvalue weighted by Crippen LogP contribution is 2.21. The van der Waals surface area contributed by atoms with Crippen molar-refractivity contribution in [2.75, 3.05) is 6.61 Å². The molecule has 0 atom stereocenters. The number of carbonyl (C=O) groups is 1. The van der Waals surface area contributed by atoms with Crippen LogP contribution in [0.5, 0.6) is 0 Å². The Morgan fingerprint density at radius 3 is 2.67 bits per heavy atom. The number of hydrogen-bond acceptors (Lipinski definition) is 4. The molecule has 4 heteroatoms. The predicted molar refractivity (Wildman–Crippen MR) is 85.3 cm³/mol. The van der Waals surface area contributed by atoms with Gasteiger partial charge in [0.2, 0.25) is 0 Å². The van der Waals surface area contributed by atoms with E-state index in [0.29, 0.717) is 6.61 Å². The van der Waals surface area contributed by atoms with Crippen molar-refractivity contribution in [1.82, 2.24) is 4.98 Å². The van der Waals surface area contributed by atoms with Crippen LogP contribution in [0.15, 0.2) is 47.5 Å². The third-order valence-electron chi connectivity index (χ3n) is 2.92. The molecule has 1 aromatic heterocycles. The van der Waals surface area contributed by atoms with Gasteiger partial charge in [-0.25, -0.2) is 4.98 Å². The molecular formula is C17H19NO2S. The first-order chi connectivity index (χ1) is 10.2. The number of thioether (sulfide) groups is 1. The molecule has 0 spiro atoms. The zero-order valence-corrected chi connectivity index (χ0v) is 13.2. The van der Waals surface area contributed by atoms with Crippen LogP contribution in [0.3, 0.4) is 0 Å². The van der Waals surface area contributed by atoms with E-state index in [2.05, 4.69) is 36.2 Å². The van der Waals surface area contributed by atoms with Gasteiger partial charge < -0.3 is 4.74 Å². The van der Waals surface area contributed by atoms with E-state index in [-0.39, 0.29) is 12.4 Å². The lowest BCUT2D eigenvalue weighted by Gasteiger charge is -2.05. The van der Waals surface area contributed by atoms with E-state index in [4.69, 9.17) is 4.74 Å². The maximum absolute atomic E-state index is 11.5. The summed E-state index contributed by atoms with van der Waals surface area (Å²) in [5, 5.41) is 0.928. The van der Waals surface area contributed by atoms with Crippen LogP contribution in [-0.2, 0) is 21.7 Å². The minimum absolute atomic E-state index is 0.229. The molecule has 0 fully saturated rings. The molecule has 0 saturated heterocycles. The van der Waals surface area contributed by atoms with Crippen LogP contribution in [0.1, 0.15) is 23.7 Å². The normalized spacial score (nSPS) is 10.4. The summed E-state index contributed by atoms with van der Waals surface area (Å²) in [4.78, 5) is 16.0. The molecule has 0 aliphatic rings. The molecule has 0 radical (unpaired) electrons. The number of rotatable bonds is 6. The lowest BCUT2D eigenvalue weighted by Crippen LogP contribution is -2.08. The second kappa shape index (κ2) is 7.84. The Morgan fingerprint density at radius 2 is 1.95 bits per heavy atom. The van der Waals surface area contributed by atoms with Crippen molar-refractivity contribution in [3.05, 3.63) is 59.3 Å². The van der Waals surface area contributed by atoms with Gasteiger partial charge in [0.15, 0.2) is 0 Å². The van der Waals surface area contributed by atoms with Gasteiger partial charge in [0.05, 0.1) is 23.7 Å². The summed E-state index contributed by atoms with van der Waals surface area (Å²) in [5.41, 5.74) is 3.28. The fraction of sp³-hybridized carbons (Fsp3) is 0.294. The zero-order chi connectivity index (χ0) is 15.1. The van der Waals surface area contributed by atoms with E-state index in [0.717, 1.165) is 16.5 Å². The molecule has 0 unspecified atom stereocenters. The number of aromatic nitrogens is 1. The fourth-order valence-electron chi connectivity index (χ4n) is 1.84. The Labute approximate surface area is 129 Å². The van der Waals surface area contributed by atoms with E-state index in [1.165, 1.54) is 11.1 Å². The predicted octanol–water partition coefficient (Wildman–Crippen LogP) is 3.79. The minimum atomic E-state index is -0.231. The maximum Gasteiger partial charge on any atom is 0.311 e. The Bertz CT molecular complexity index is 596. The lowest BCUT2D eigenvalue weighted by molar-refractivity contribution is -0.142. The van der Waals surface area contributed by atoms with Gasteiger partial charge in [-0.15, -0.1) is 11.8 Å². The SMILES string of the molecule is CCOC(=O)Cc1cccc(SCc2ccc(C)cc2)n1. The smallest absolute Gasteiger partial charge is 0.311 e. The first kappa shape index (κ1) is 15.6. The molecule has 0 saturated carbocycles. The van der Waals surface area contributed by atoms with Gasteiger partial charge in [0.25, 0.3) is 0 Å². The number of aryl methyl sites for hydroxylation is 1. The van der Waals surface area contributed by atoms with Gasteiger partial charge >= 0.3 is 5.97 Å². The zero-order valence-electron chi connectivity index (χ0n) is 12.3. The minimum Gasteiger partial charge on any atom is -0.466 e. The molecule has 0 amide bonds. The van der Waals surface area contributed by atoms with Crippen LogP contribution in [0, 0.1) is 6.92 Å². The summed E-state index contributed by atoms with van der Waals surface area (Å²) in [6.07, 6.45) is 0.229. The van der Waals surface area contributed by atoms with E-state index < -0.39 is 0 Å². The number of carbonyl (C=O) groups excluding carboxylic acids is 1. The highest BCUT2D eigenvalue weighted by Gasteiger charge is 2.06. The number of nitrogens with zero attached hydrogens (tertiary/aromatic N) is 1. The third kappa shape index (κ3) is 5.23. The van der Waals surface area contributed by atoms with Crippen molar-refractivity contribution in [1.29, 1.82) is 0 Å². The van der Waals surface area contributed by atoms with Crippen molar-refractivity contribution in [3.63, 3.8) is 0 Å². The monoisotopic (exact) mass is 301 g/mol. The standard InChI is InChI=1S/C17H19NO2S/c1-3-20-17(19)11-15-5-4-6-16(18-15)21-12-14-9-7-13(2)8-10-14/h4-10H,3,11-12H2,1-2H3. The number of benzene rings is 1. The third-order valence-corrected chi connectivity index (χ3v) is 3.92. The van der Waals surface area contributed by atoms with E-state index in [1.54, 1.807) is 18.7 Å². The summed E-state index contributed by atoms with van der Waals surface area (Å²) in [7, 11) is 0. The van der Waals surface area contributed by atoms with Crippen LogP contribution in [0.25, 0.3) is 0 Å². The van der Waals surface area contributed by atoms with Crippen molar-refractivity contribution in [2.45, 2.75) is 31.0 Å². The summed E-state index contributed by atoms with van der Waals surface area (Å²) >= 11 is 1.67. The van der Waals surface area contributed by atoms with Crippen LogP contribution >= 0.6 is 11.8 Å². The van der Waals surface area contributed by atoms with Crippen molar-refractivity contribution in [3.8, 4) is 0 Å². The highest BCUT2D eigenvalue weighted by atomic mass is 32.2. The Kier molecular flexibility index (Phi) is 5.81. The average molecular weight is 301 g/mol. The van der Waals surface area contributed by atoms with E-state index in [1.807, 2.05) is 18.2 Å². The summed E-state index contributed by atoms with van der Waals surface area (Å²) in [6, 6.07) is 14.2. The fourth-order valence-corrected chi connectivity index (χ4v) is 2.70. The van der Waals surface area contributed by atoms with Crippen LogP contribution in [-0.4, -0.2) is 17.6 Å². The van der Waals surface area contributed by atoms with Crippen LogP contribution < -0.4 is 0 Å². The van der Waals surface area contributed by atoms with Crippen LogP contribution in [0.4, 0.5) is 0 Å². The number of hydrogen-bond donors (Lipinski definition) is 0. The lowest BCUT2D eigenvalue weighted by atomic mass is 10.2. The van der Waals surface area contributed by atoms with Gasteiger partial charge in [-0.1, -0.05) is 35.9 Å². The molecule has 2 aromatic rings. The molecule has 0 N–H and O–H groups in total. The number of pyridine rings is 1. The average Bonchev–Trinajstić information content (AvgIpc) is 2.47. The van der Waals surface area contributed by atoms with Crippen molar-refractivity contribution in [2.24, 2.45) is 0 Å². The number of esters is 1. The Morgan fingerprint density at radius 1 is 1.19 bits per heavy atom. The molecule has 0 aliphatic carbocycles. The van der Waals surface area contributed by atoms with Gasteiger partial charge in [0, 0.05) is 5.75 Å². The molecule has 3 nitrogen and oxygen atoms in total. The van der Waals surface area contributed by atoms with Crippen LogP contribution in [0.2, 0.25) is 0 Å².